The first-order valence-electron chi connectivity index (χ1n) is 6.69. The summed E-state index contributed by atoms with van der Waals surface area (Å²) in [6.45, 7) is 6.86. The zero-order valence-corrected chi connectivity index (χ0v) is 11.3. The molecule has 100 valence electrons. The zero-order valence-electron chi connectivity index (χ0n) is 11.3. The molecule has 0 spiro atoms. The highest BCUT2D eigenvalue weighted by molar-refractivity contribution is 5.27. The van der Waals surface area contributed by atoms with E-state index in [1.807, 2.05) is 13.0 Å². The molecule has 4 nitrogen and oxygen atoms in total. The van der Waals surface area contributed by atoms with Crippen molar-refractivity contribution < 1.29 is 5.11 Å². The second-order valence-corrected chi connectivity index (χ2v) is 5.39. The molecular weight excluding hydrogens is 226 g/mol. The van der Waals surface area contributed by atoms with Gasteiger partial charge in [-0.05, 0) is 57.8 Å². The van der Waals surface area contributed by atoms with Gasteiger partial charge in [-0.2, -0.15) is 0 Å². The van der Waals surface area contributed by atoms with Crippen LogP contribution in [0.3, 0.4) is 0 Å². The maximum absolute atomic E-state index is 9.80. The van der Waals surface area contributed by atoms with Gasteiger partial charge in [-0.3, -0.25) is 9.88 Å². The Bertz CT molecular complexity index is 398. The van der Waals surface area contributed by atoms with Gasteiger partial charge in [-0.15, -0.1) is 0 Å². The third-order valence-corrected chi connectivity index (χ3v) is 3.84. The van der Waals surface area contributed by atoms with E-state index in [1.54, 1.807) is 6.07 Å². The summed E-state index contributed by atoms with van der Waals surface area (Å²) in [7, 11) is 0. The lowest BCUT2D eigenvalue weighted by Gasteiger charge is -2.33. The summed E-state index contributed by atoms with van der Waals surface area (Å²) in [5.41, 5.74) is 7.68. The van der Waals surface area contributed by atoms with Crippen molar-refractivity contribution in [3.63, 3.8) is 0 Å². The standard InChI is InChI=1S/C14H23N3O/c1-10-3-4-14(18)13(16-10)9-17-7-5-12(6-8-17)11(2)15/h3-4,11-12,18H,5-9,15H2,1-2H3/t11-/m0/s1. The fourth-order valence-corrected chi connectivity index (χ4v) is 2.57. The van der Waals surface area contributed by atoms with Crippen LogP contribution in [0.2, 0.25) is 0 Å². The smallest absolute Gasteiger partial charge is 0.138 e. The van der Waals surface area contributed by atoms with Gasteiger partial charge in [0.1, 0.15) is 5.75 Å². The number of hydrogen-bond donors (Lipinski definition) is 2. The number of likely N-dealkylation sites (tertiary alicyclic amines) is 1. The van der Waals surface area contributed by atoms with Crippen molar-refractivity contribution >= 4 is 0 Å². The van der Waals surface area contributed by atoms with Crippen LogP contribution < -0.4 is 5.73 Å². The molecular formula is C14H23N3O. The first-order valence-corrected chi connectivity index (χ1v) is 6.69. The van der Waals surface area contributed by atoms with Crippen molar-refractivity contribution in [1.29, 1.82) is 0 Å². The summed E-state index contributed by atoms with van der Waals surface area (Å²) in [4.78, 5) is 6.75. The summed E-state index contributed by atoms with van der Waals surface area (Å²) >= 11 is 0. The Morgan fingerprint density at radius 3 is 2.72 bits per heavy atom. The monoisotopic (exact) mass is 249 g/mol. The van der Waals surface area contributed by atoms with E-state index in [2.05, 4.69) is 16.8 Å². The molecule has 1 atom stereocenters. The van der Waals surface area contributed by atoms with Gasteiger partial charge < -0.3 is 10.8 Å². The van der Waals surface area contributed by atoms with E-state index in [1.165, 1.54) is 0 Å². The zero-order chi connectivity index (χ0) is 13.1. The van der Waals surface area contributed by atoms with Crippen LogP contribution in [0.5, 0.6) is 5.75 Å². The Morgan fingerprint density at radius 1 is 1.44 bits per heavy atom. The van der Waals surface area contributed by atoms with Crippen molar-refractivity contribution in [2.24, 2.45) is 11.7 Å². The summed E-state index contributed by atoms with van der Waals surface area (Å²) in [5.74, 6) is 0.940. The minimum absolute atomic E-state index is 0.289. The van der Waals surface area contributed by atoms with Crippen LogP contribution in [0.4, 0.5) is 0 Å². The number of nitrogens with zero attached hydrogens (tertiary/aromatic N) is 2. The van der Waals surface area contributed by atoms with Crippen molar-refractivity contribution in [2.45, 2.75) is 39.3 Å². The van der Waals surface area contributed by atoms with Gasteiger partial charge in [0.25, 0.3) is 0 Å². The number of rotatable bonds is 3. The number of hydrogen-bond acceptors (Lipinski definition) is 4. The second kappa shape index (κ2) is 5.67. The molecule has 4 heteroatoms. The molecule has 0 unspecified atom stereocenters. The van der Waals surface area contributed by atoms with E-state index >= 15 is 0 Å². The van der Waals surface area contributed by atoms with Gasteiger partial charge in [-0.25, -0.2) is 0 Å². The van der Waals surface area contributed by atoms with Crippen molar-refractivity contribution in [2.75, 3.05) is 13.1 Å². The molecule has 0 bridgehead atoms. The molecule has 3 N–H and O–H groups in total. The number of nitrogens with two attached hydrogens (primary N) is 1. The van der Waals surface area contributed by atoms with Crippen LogP contribution in [-0.2, 0) is 6.54 Å². The predicted octanol–water partition coefficient (Wildman–Crippen LogP) is 1.65. The third kappa shape index (κ3) is 3.21. The van der Waals surface area contributed by atoms with Crippen LogP contribution in [0.1, 0.15) is 31.2 Å². The number of aryl methyl sites for hydroxylation is 1. The lowest BCUT2D eigenvalue weighted by atomic mass is 9.91. The molecule has 0 saturated carbocycles. The highest BCUT2D eigenvalue weighted by Gasteiger charge is 2.22. The molecule has 2 heterocycles. The highest BCUT2D eigenvalue weighted by Crippen LogP contribution is 2.23. The largest absolute Gasteiger partial charge is 0.506 e. The third-order valence-electron chi connectivity index (χ3n) is 3.84. The van der Waals surface area contributed by atoms with Gasteiger partial charge in [0.05, 0.1) is 5.69 Å². The number of pyridine rings is 1. The predicted molar refractivity (Wildman–Crippen MR) is 72.3 cm³/mol. The molecule has 0 radical (unpaired) electrons. The Kier molecular flexibility index (Phi) is 4.19. The SMILES string of the molecule is Cc1ccc(O)c(CN2CCC([C@H](C)N)CC2)n1. The van der Waals surface area contributed by atoms with Crippen LogP contribution in [0, 0.1) is 12.8 Å². The molecule has 0 aromatic carbocycles. The van der Waals surface area contributed by atoms with E-state index in [0.29, 0.717) is 11.7 Å². The number of aromatic hydroxyl groups is 1. The van der Waals surface area contributed by atoms with E-state index in [-0.39, 0.29) is 6.04 Å². The molecule has 1 aliphatic rings. The van der Waals surface area contributed by atoms with E-state index in [4.69, 9.17) is 5.73 Å². The molecule has 1 aromatic heterocycles. The Hall–Kier alpha value is -1.13. The molecule has 0 amide bonds. The quantitative estimate of drug-likeness (QED) is 0.855. The Balaban J connectivity index is 1.93. The Labute approximate surface area is 109 Å². The summed E-state index contributed by atoms with van der Waals surface area (Å²) in [6, 6.07) is 3.85. The molecule has 2 rings (SSSR count). The average molecular weight is 249 g/mol. The summed E-state index contributed by atoms with van der Waals surface area (Å²) in [6.07, 6.45) is 2.29. The molecule has 1 fully saturated rings. The van der Waals surface area contributed by atoms with Gasteiger partial charge in [0.2, 0.25) is 0 Å². The van der Waals surface area contributed by atoms with Crippen molar-refractivity contribution in [3.05, 3.63) is 23.5 Å². The minimum Gasteiger partial charge on any atom is -0.506 e. The van der Waals surface area contributed by atoms with Crippen LogP contribution in [0.25, 0.3) is 0 Å². The lowest BCUT2D eigenvalue weighted by molar-refractivity contribution is 0.163. The van der Waals surface area contributed by atoms with Gasteiger partial charge in [-0.1, -0.05) is 0 Å². The van der Waals surface area contributed by atoms with Gasteiger partial charge in [0, 0.05) is 18.3 Å². The van der Waals surface area contributed by atoms with E-state index in [9.17, 15) is 5.11 Å². The molecule has 0 aliphatic carbocycles. The Morgan fingerprint density at radius 2 is 2.11 bits per heavy atom. The molecule has 1 aromatic rings. The number of piperidine rings is 1. The number of aromatic nitrogens is 1. The topological polar surface area (TPSA) is 62.4 Å². The first-order chi connectivity index (χ1) is 8.56. The molecule has 18 heavy (non-hydrogen) atoms. The van der Waals surface area contributed by atoms with Crippen LogP contribution in [0.15, 0.2) is 12.1 Å². The molecule has 1 saturated heterocycles. The van der Waals surface area contributed by atoms with Crippen molar-refractivity contribution in [3.8, 4) is 5.75 Å². The fraction of sp³-hybridized carbons (Fsp3) is 0.643. The second-order valence-electron chi connectivity index (χ2n) is 5.39. The average Bonchev–Trinajstić information content (AvgIpc) is 2.34. The van der Waals surface area contributed by atoms with Crippen LogP contribution >= 0.6 is 0 Å². The van der Waals surface area contributed by atoms with Crippen molar-refractivity contribution in [1.82, 2.24) is 9.88 Å². The maximum atomic E-state index is 9.80. The fourth-order valence-electron chi connectivity index (χ4n) is 2.57. The highest BCUT2D eigenvalue weighted by atomic mass is 16.3. The normalized spacial score (nSPS) is 19.9. The van der Waals surface area contributed by atoms with Gasteiger partial charge in [0.15, 0.2) is 0 Å². The first kappa shape index (κ1) is 13.3. The summed E-state index contributed by atoms with van der Waals surface area (Å²) < 4.78 is 0. The van der Waals surface area contributed by atoms with Gasteiger partial charge >= 0.3 is 0 Å². The van der Waals surface area contributed by atoms with E-state index < -0.39 is 0 Å². The van der Waals surface area contributed by atoms with E-state index in [0.717, 1.165) is 43.9 Å². The molecule has 1 aliphatic heterocycles. The maximum Gasteiger partial charge on any atom is 0.138 e. The summed E-state index contributed by atoms with van der Waals surface area (Å²) in [5, 5.41) is 9.80. The van der Waals surface area contributed by atoms with Crippen LogP contribution in [-0.4, -0.2) is 34.1 Å². The lowest BCUT2D eigenvalue weighted by Crippen LogP contribution is -2.39. The minimum atomic E-state index is 0.289.